The number of carbonyl (C=O) groups is 1. The van der Waals surface area contributed by atoms with E-state index in [-0.39, 0.29) is 6.03 Å². The van der Waals surface area contributed by atoms with Gasteiger partial charge in [-0.25, -0.2) is 4.79 Å². The number of benzene rings is 1. The van der Waals surface area contributed by atoms with Crippen LogP contribution in [0.4, 0.5) is 4.79 Å². The second-order valence-corrected chi connectivity index (χ2v) is 5.07. The van der Waals surface area contributed by atoms with E-state index in [4.69, 9.17) is 0 Å². The predicted octanol–water partition coefficient (Wildman–Crippen LogP) is 2.93. The number of rotatable bonds is 4. The van der Waals surface area contributed by atoms with Gasteiger partial charge < -0.3 is 10.2 Å². The number of nitrogens with zero attached hydrogens (tertiary/aromatic N) is 1. The molecule has 0 heterocycles. The summed E-state index contributed by atoms with van der Waals surface area (Å²) in [4.78, 5) is 13.1. The summed E-state index contributed by atoms with van der Waals surface area (Å²) in [6.45, 7) is 7.26. The Morgan fingerprint density at radius 3 is 2.61 bits per heavy atom. The van der Waals surface area contributed by atoms with Crippen LogP contribution in [0.3, 0.4) is 0 Å². The lowest BCUT2D eigenvalue weighted by Gasteiger charge is -2.18. The van der Waals surface area contributed by atoms with Crippen LogP contribution in [0.25, 0.3) is 0 Å². The maximum Gasteiger partial charge on any atom is 0.316 e. The molecule has 1 aromatic rings. The molecule has 0 bridgehead atoms. The number of carbonyl (C=O) groups excluding carboxylic acids is 1. The lowest BCUT2D eigenvalue weighted by molar-refractivity contribution is 0.211. The van der Waals surface area contributed by atoms with E-state index < -0.39 is 0 Å². The molecule has 0 radical (unpaired) electrons. The molecule has 0 unspecified atom stereocenters. The first-order valence-corrected chi connectivity index (χ1v) is 6.48. The maximum absolute atomic E-state index is 11.4. The summed E-state index contributed by atoms with van der Waals surface area (Å²) in [6.07, 6.45) is 0.899. The smallest absolute Gasteiger partial charge is 0.316 e. The summed E-state index contributed by atoms with van der Waals surface area (Å²) in [5, 5.41) is 2.63. The topological polar surface area (TPSA) is 32.3 Å². The van der Waals surface area contributed by atoms with E-state index in [0.29, 0.717) is 5.92 Å². The van der Waals surface area contributed by atoms with Crippen LogP contribution in [-0.2, 0) is 6.42 Å². The fraction of sp³-hybridized carbons (Fsp3) is 0.533. The molecule has 0 fully saturated rings. The van der Waals surface area contributed by atoms with Gasteiger partial charge in [-0.2, -0.15) is 0 Å². The predicted molar refractivity (Wildman–Crippen MR) is 76.1 cm³/mol. The number of hydrogen-bond acceptors (Lipinski definition) is 1. The van der Waals surface area contributed by atoms with Crippen LogP contribution in [0.5, 0.6) is 0 Å². The van der Waals surface area contributed by atoms with Crippen molar-refractivity contribution in [1.82, 2.24) is 10.2 Å². The molecule has 0 atom stereocenters. The normalized spacial score (nSPS) is 10.6. The van der Waals surface area contributed by atoms with Crippen LogP contribution in [0, 0.1) is 6.92 Å². The van der Waals surface area contributed by atoms with E-state index in [1.54, 1.807) is 11.9 Å². The molecule has 1 N–H and O–H groups in total. The van der Waals surface area contributed by atoms with Crippen molar-refractivity contribution in [2.45, 2.75) is 33.1 Å². The molecule has 1 rings (SSSR count). The Morgan fingerprint density at radius 2 is 2.06 bits per heavy atom. The van der Waals surface area contributed by atoms with Gasteiger partial charge in [0, 0.05) is 20.6 Å². The Kier molecular flexibility index (Phi) is 5.20. The molecule has 0 aliphatic carbocycles. The van der Waals surface area contributed by atoms with E-state index in [0.717, 1.165) is 13.0 Å². The van der Waals surface area contributed by atoms with E-state index >= 15 is 0 Å². The summed E-state index contributed by atoms with van der Waals surface area (Å²) in [6, 6.07) is 6.58. The van der Waals surface area contributed by atoms with Crippen LogP contribution >= 0.6 is 0 Å². The van der Waals surface area contributed by atoms with Crippen molar-refractivity contribution in [2.24, 2.45) is 0 Å². The van der Waals surface area contributed by atoms with Crippen molar-refractivity contribution in [2.75, 3.05) is 20.6 Å². The molecule has 100 valence electrons. The Balaban J connectivity index is 2.72. The van der Waals surface area contributed by atoms with Gasteiger partial charge in [-0.3, -0.25) is 0 Å². The van der Waals surface area contributed by atoms with Crippen LogP contribution in [0.2, 0.25) is 0 Å². The summed E-state index contributed by atoms with van der Waals surface area (Å²) < 4.78 is 0. The average Bonchev–Trinajstić information content (AvgIpc) is 2.36. The van der Waals surface area contributed by atoms with Gasteiger partial charge in [-0.05, 0) is 36.0 Å². The van der Waals surface area contributed by atoms with E-state index in [2.05, 4.69) is 44.3 Å². The van der Waals surface area contributed by atoms with Crippen LogP contribution in [0.1, 0.15) is 36.5 Å². The van der Waals surface area contributed by atoms with Crippen LogP contribution in [0.15, 0.2) is 18.2 Å². The quantitative estimate of drug-likeness (QED) is 0.873. The Hall–Kier alpha value is -1.51. The molecule has 0 aromatic heterocycles. The van der Waals surface area contributed by atoms with Gasteiger partial charge in [0.05, 0.1) is 0 Å². The highest BCUT2D eigenvalue weighted by Crippen LogP contribution is 2.19. The Labute approximate surface area is 110 Å². The van der Waals surface area contributed by atoms with Gasteiger partial charge in [0.25, 0.3) is 0 Å². The van der Waals surface area contributed by atoms with Crippen LogP contribution < -0.4 is 5.32 Å². The molecule has 3 heteroatoms. The third-order valence-corrected chi connectivity index (χ3v) is 3.32. The molecule has 0 aliphatic rings. The van der Waals surface area contributed by atoms with E-state index in [1.807, 2.05) is 7.05 Å². The summed E-state index contributed by atoms with van der Waals surface area (Å²) in [5.41, 5.74) is 3.99. The second kappa shape index (κ2) is 6.43. The van der Waals surface area contributed by atoms with Crippen molar-refractivity contribution < 1.29 is 4.79 Å². The molecular weight excluding hydrogens is 224 g/mol. The molecule has 2 amide bonds. The standard InChI is InChI=1S/C15H24N2O/c1-11(2)13-7-6-12(3)14(10-13)8-9-17(5)15(18)16-4/h6-7,10-11H,8-9H2,1-5H3,(H,16,18). The lowest BCUT2D eigenvalue weighted by atomic mass is 9.96. The minimum Gasteiger partial charge on any atom is -0.341 e. The molecule has 0 saturated carbocycles. The zero-order chi connectivity index (χ0) is 13.7. The molecule has 0 saturated heterocycles. The first-order valence-electron chi connectivity index (χ1n) is 6.48. The summed E-state index contributed by atoms with van der Waals surface area (Å²) >= 11 is 0. The van der Waals surface area contributed by atoms with Crippen molar-refractivity contribution in [3.63, 3.8) is 0 Å². The minimum absolute atomic E-state index is 0.0346. The number of likely N-dealkylation sites (N-methyl/N-ethyl adjacent to an activating group) is 1. The Morgan fingerprint density at radius 1 is 1.39 bits per heavy atom. The fourth-order valence-corrected chi connectivity index (χ4v) is 1.90. The third-order valence-electron chi connectivity index (χ3n) is 3.32. The number of aryl methyl sites for hydroxylation is 1. The first kappa shape index (κ1) is 14.6. The second-order valence-electron chi connectivity index (χ2n) is 5.07. The molecular formula is C15H24N2O. The minimum atomic E-state index is -0.0346. The van der Waals surface area contributed by atoms with Crippen molar-refractivity contribution >= 4 is 6.03 Å². The average molecular weight is 248 g/mol. The van der Waals surface area contributed by atoms with Crippen LogP contribution in [-0.4, -0.2) is 31.6 Å². The fourth-order valence-electron chi connectivity index (χ4n) is 1.90. The molecule has 1 aromatic carbocycles. The lowest BCUT2D eigenvalue weighted by Crippen LogP contribution is -2.36. The number of hydrogen-bond donors (Lipinski definition) is 1. The van der Waals surface area contributed by atoms with Crippen molar-refractivity contribution in [3.05, 3.63) is 34.9 Å². The van der Waals surface area contributed by atoms with Gasteiger partial charge in [0.15, 0.2) is 0 Å². The summed E-state index contributed by atoms with van der Waals surface area (Å²) in [7, 11) is 3.48. The SMILES string of the molecule is CNC(=O)N(C)CCc1cc(C(C)C)ccc1C. The Bertz CT molecular complexity index is 413. The van der Waals surface area contributed by atoms with Gasteiger partial charge in [0.1, 0.15) is 0 Å². The molecule has 3 nitrogen and oxygen atoms in total. The first-order chi connectivity index (χ1) is 8.45. The number of urea groups is 1. The van der Waals surface area contributed by atoms with E-state index in [9.17, 15) is 4.79 Å². The number of nitrogens with one attached hydrogen (secondary N) is 1. The van der Waals surface area contributed by atoms with Crippen molar-refractivity contribution in [1.29, 1.82) is 0 Å². The largest absolute Gasteiger partial charge is 0.341 e. The highest BCUT2D eigenvalue weighted by molar-refractivity contribution is 5.73. The maximum atomic E-state index is 11.4. The molecule has 0 spiro atoms. The monoisotopic (exact) mass is 248 g/mol. The summed E-state index contributed by atoms with van der Waals surface area (Å²) in [5.74, 6) is 0.543. The zero-order valence-electron chi connectivity index (χ0n) is 12.1. The molecule has 0 aliphatic heterocycles. The van der Waals surface area contributed by atoms with Gasteiger partial charge in [-0.15, -0.1) is 0 Å². The van der Waals surface area contributed by atoms with Crippen molar-refractivity contribution in [3.8, 4) is 0 Å². The van der Waals surface area contributed by atoms with Gasteiger partial charge in [0.2, 0.25) is 0 Å². The zero-order valence-corrected chi connectivity index (χ0v) is 12.1. The highest BCUT2D eigenvalue weighted by Gasteiger charge is 2.08. The third kappa shape index (κ3) is 3.76. The van der Waals surface area contributed by atoms with E-state index in [1.165, 1.54) is 16.7 Å². The number of amides is 2. The van der Waals surface area contributed by atoms with Gasteiger partial charge >= 0.3 is 6.03 Å². The van der Waals surface area contributed by atoms with Gasteiger partial charge in [-0.1, -0.05) is 32.0 Å². The molecule has 18 heavy (non-hydrogen) atoms. The highest BCUT2D eigenvalue weighted by atomic mass is 16.2.